The Hall–Kier alpha value is -5.34. The topological polar surface area (TPSA) is 127 Å². The van der Waals surface area contributed by atoms with E-state index in [0.29, 0.717) is 34.9 Å². The van der Waals surface area contributed by atoms with E-state index in [1.165, 1.54) is 25.9 Å². The van der Waals surface area contributed by atoms with Gasteiger partial charge in [0.25, 0.3) is 0 Å². The minimum atomic E-state index is 0.454. The van der Waals surface area contributed by atoms with Crippen LogP contribution in [0.25, 0.3) is 45.1 Å². The van der Waals surface area contributed by atoms with Crippen LogP contribution in [0.2, 0.25) is 0 Å². The Balaban J connectivity index is 1.07. The molecule has 7 rings (SSSR count). The molecule has 0 saturated carbocycles. The van der Waals surface area contributed by atoms with E-state index in [4.69, 9.17) is 4.98 Å². The second-order valence-electron chi connectivity index (χ2n) is 10.4. The molecule has 6 aromatic rings. The molecule has 0 bridgehead atoms. The van der Waals surface area contributed by atoms with Gasteiger partial charge in [-0.15, -0.1) is 5.10 Å². The number of nitrogens with zero attached hydrogens (tertiary/aromatic N) is 11. The summed E-state index contributed by atoms with van der Waals surface area (Å²) in [5.74, 6) is 0.643. The molecule has 0 atom stereocenters. The maximum Gasteiger partial charge on any atom is 0.221 e. The lowest BCUT2D eigenvalue weighted by Gasteiger charge is -2.13. The Kier molecular flexibility index (Phi) is 6.87. The van der Waals surface area contributed by atoms with E-state index in [0.717, 1.165) is 40.9 Å². The van der Waals surface area contributed by atoms with Crippen molar-refractivity contribution in [3.05, 3.63) is 90.6 Å². The molecule has 11 heteroatoms. The number of benzene rings is 2. The third-order valence-corrected chi connectivity index (χ3v) is 7.49. The van der Waals surface area contributed by atoms with Gasteiger partial charge in [0, 0.05) is 47.4 Å². The van der Waals surface area contributed by atoms with Gasteiger partial charge in [0.1, 0.15) is 0 Å². The average Bonchev–Trinajstić information content (AvgIpc) is 3.82. The summed E-state index contributed by atoms with van der Waals surface area (Å²) in [6.07, 6.45) is 11.9. The normalized spacial score (nSPS) is 13.5. The molecule has 2 aromatic carbocycles. The summed E-state index contributed by atoms with van der Waals surface area (Å²) in [6.45, 7) is 4.74. The van der Waals surface area contributed by atoms with E-state index in [1.54, 1.807) is 23.0 Å². The molecular formula is C31H27N11. The molecule has 0 radical (unpaired) electrons. The minimum Gasteiger partial charge on any atom is -0.301 e. The van der Waals surface area contributed by atoms with E-state index < -0.39 is 0 Å². The van der Waals surface area contributed by atoms with Crippen molar-refractivity contribution in [1.82, 2.24) is 49.6 Å². The highest BCUT2D eigenvalue weighted by Crippen LogP contribution is 2.23. The zero-order valence-corrected chi connectivity index (χ0v) is 22.9. The van der Waals surface area contributed by atoms with Gasteiger partial charge in [-0.3, -0.25) is 4.68 Å². The molecule has 0 spiro atoms. The van der Waals surface area contributed by atoms with Crippen LogP contribution in [0.3, 0.4) is 0 Å². The molecule has 4 aromatic heterocycles. The van der Waals surface area contributed by atoms with Crippen LogP contribution in [-0.4, -0.2) is 69.2 Å². The fourth-order valence-electron chi connectivity index (χ4n) is 5.24. The van der Waals surface area contributed by atoms with Gasteiger partial charge < -0.3 is 4.90 Å². The maximum absolute atomic E-state index is 9.25. The standard InChI is InChI=1S/C31H27N11/c32-15-22-5-3-7-24(13-22)28-19-35-30-31(37-28)42(39-38-30)20-23-6-4-8-25(14-23)29-33-16-26(17-34-29)27-18-36-41(21-27)12-11-40-9-1-2-10-40/h3-8,13-14,16-19,21H,1-2,9-12,20H2. The van der Waals surface area contributed by atoms with E-state index in [1.807, 2.05) is 59.7 Å². The van der Waals surface area contributed by atoms with Gasteiger partial charge >= 0.3 is 0 Å². The zero-order valence-electron chi connectivity index (χ0n) is 22.9. The SMILES string of the molecule is N#Cc1cccc(-c2cnc3nnn(Cc4cccc(-c5ncc(-c6cnn(CCN7CCCC7)c6)cn5)c4)c3n2)c1. The van der Waals surface area contributed by atoms with Crippen LogP contribution >= 0.6 is 0 Å². The molecule has 42 heavy (non-hydrogen) atoms. The van der Waals surface area contributed by atoms with E-state index in [-0.39, 0.29) is 0 Å². The summed E-state index contributed by atoms with van der Waals surface area (Å²) >= 11 is 0. The molecule has 1 aliphatic heterocycles. The van der Waals surface area contributed by atoms with E-state index in [2.05, 4.69) is 47.5 Å². The Bertz CT molecular complexity index is 1890. The Morgan fingerprint density at radius 3 is 2.50 bits per heavy atom. The van der Waals surface area contributed by atoms with Crippen LogP contribution in [0.4, 0.5) is 0 Å². The number of likely N-dealkylation sites (tertiary alicyclic amines) is 1. The largest absolute Gasteiger partial charge is 0.301 e. The van der Waals surface area contributed by atoms with Gasteiger partial charge in [-0.1, -0.05) is 35.5 Å². The second-order valence-corrected chi connectivity index (χ2v) is 10.4. The molecular weight excluding hydrogens is 526 g/mol. The van der Waals surface area contributed by atoms with Crippen LogP contribution in [-0.2, 0) is 13.1 Å². The molecule has 5 heterocycles. The highest BCUT2D eigenvalue weighted by molar-refractivity contribution is 5.71. The number of fused-ring (bicyclic) bond motifs is 1. The first-order valence-electron chi connectivity index (χ1n) is 14.0. The lowest BCUT2D eigenvalue weighted by molar-refractivity contribution is 0.316. The predicted molar refractivity (Wildman–Crippen MR) is 157 cm³/mol. The van der Waals surface area contributed by atoms with Crippen molar-refractivity contribution in [1.29, 1.82) is 5.26 Å². The van der Waals surface area contributed by atoms with Crippen molar-refractivity contribution < 1.29 is 0 Å². The summed E-state index contributed by atoms with van der Waals surface area (Å²) in [6, 6.07) is 17.5. The smallest absolute Gasteiger partial charge is 0.221 e. The molecule has 0 amide bonds. The highest BCUT2D eigenvalue weighted by atomic mass is 15.4. The summed E-state index contributed by atoms with van der Waals surface area (Å²) in [5, 5.41) is 22.3. The lowest BCUT2D eigenvalue weighted by Crippen LogP contribution is -2.24. The van der Waals surface area contributed by atoms with Crippen LogP contribution in [0, 0.1) is 11.3 Å². The molecule has 11 nitrogen and oxygen atoms in total. The quantitative estimate of drug-likeness (QED) is 0.272. The summed E-state index contributed by atoms with van der Waals surface area (Å²) in [4.78, 5) is 21.0. The van der Waals surface area contributed by atoms with Gasteiger partial charge in [-0.05, 0) is 49.7 Å². The van der Waals surface area contributed by atoms with Crippen molar-refractivity contribution in [2.45, 2.75) is 25.9 Å². The first-order chi connectivity index (χ1) is 20.7. The van der Waals surface area contributed by atoms with Gasteiger partial charge in [0.15, 0.2) is 11.5 Å². The van der Waals surface area contributed by atoms with Crippen LogP contribution < -0.4 is 0 Å². The Morgan fingerprint density at radius 1 is 0.810 bits per heavy atom. The van der Waals surface area contributed by atoms with Crippen LogP contribution in [0.15, 0.2) is 79.5 Å². The fraction of sp³-hybridized carbons (Fsp3) is 0.226. The van der Waals surface area contributed by atoms with Gasteiger partial charge in [-0.25, -0.2) is 24.6 Å². The monoisotopic (exact) mass is 553 g/mol. The first kappa shape index (κ1) is 25.6. The number of hydrogen-bond acceptors (Lipinski definition) is 9. The van der Waals surface area contributed by atoms with Crippen molar-refractivity contribution >= 4 is 11.3 Å². The molecule has 0 N–H and O–H groups in total. The van der Waals surface area contributed by atoms with Gasteiger partial charge in [-0.2, -0.15) is 10.4 Å². The third kappa shape index (κ3) is 5.35. The van der Waals surface area contributed by atoms with Crippen molar-refractivity contribution in [3.8, 4) is 39.8 Å². The molecule has 1 aliphatic rings. The van der Waals surface area contributed by atoms with Crippen LogP contribution in [0.1, 0.15) is 24.0 Å². The molecule has 1 saturated heterocycles. The number of nitriles is 1. The van der Waals surface area contributed by atoms with Crippen molar-refractivity contribution in [2.24, 2.45) is 0 Å². The zero-order chi connectivity index (χ0) is 28.3. The predicted octanol–water partition coefficient (Wildman–Crippen LogP) is 4.22. The molecule has 206 valence electrons. The second kappa shape index (κ2) is 11.3. The molecule has 0 aliphatic carbocycles. The van der Waals surface area contributed by atoms with Gasteiger partial charge in [0.05, 0.1) is 42.8 Å². The Labute approximate surface area is 242 Å². The fourth-order valence-corrected chi connectivity index (χ4v) is 5.24. The van der Waals surface area contributed by atoms with Crippen molar-refractivity contribution in [3.63, 3.8) is 0 Å². The number of hydrogen-bond donors (Lipinski definition) is 0. The molecule has 1 fully saturated rings. The van der Waals surface area contributed by atoms with Crippen LogP contribution in [0.5, 0.6) is 0 Å². The van der Waals surface area contributed by atoms with Gasteiger partial charge in [0.2, 0.25) is 5.65 Å². The van der Waals surface area contributed by atoms with E-state index in [9.17, 15) is 5.26 Å². The number of aromatic nitrogens is 9. The summed E-state index contributed by atoms with van der Waals surface area (Å²) in [5.41, 5.74) is 6.92. The number of rotatable bonds is 8. The minimum absolute atomic E-state index is 0.454. The molecule has 0 unspecified atom stereocenters. The van der Waals surface area contributed by atoms with E-state index >= 15 is 0 Å². The first-order valence-corrected chi connectivity index (χ1v) is 14.0. The third-order valence-electron chi connectivity index (χ3n) is 7.49. The summed E-state index contributed by atoms with van der Waals surface area (Å²) in [7, 11) is 0. The highest BCUT2D eigenvalue weighted by Gasteiger charge is 2.13. The summed E-state index contributed by atoms with van der Waals surface area (Å²) < 4.78 is 3.72. The van der Waals surface area contributed by atoms with Crippen molar-refractivity contribution in [2.75, 3.05) is 19.6 Å². The maximum atomic E-state index is 9.25. The Morgan fingerprint density at radius 2 is 1.64 bits per heavy atom. The average molecular weight is 554 g/mol. The lowest BCUT2D eigenvalue weighted by atomic mass is 10.1.